The standard InChI is InChI=1S/C46H32N2O2/c1-5-17-34(18-6-1)47(35-19-7-2-8-20-35)38-31-29-33(30-32-38)43-39-25-13-14-26-40(39)44(46-45(43)49-41-27-15-16-28-42(41)50-46)48(36-21-9-3-10-22-36)37-23-11-4-12-24-37/h1-32H. The summed E-state index contributed by atoms with van der Waals surface area (Å²) in [6, 6.07) is 67.0. The maximum absolute atomic E-state index is 6.91. The van der Waals surface area contributed by atoms with E-state index in [9.17, 15) is 0 Å². The molecule has 50 heavy (non-hydrogen) atoms. The second-order valence-corrected chi connectivity index (χ2v) is 12.1. The van der Waals surface area contributed by atoms with E-state index in [1.54, 1.807) is 0 Å². The van der Waals surface area contributed by atoms with Crippen molar-refractivity contribution in [3.8, 4) is 34.1 Å². The van der Waals surface area contributed by atoms with Gasteiger partial charge in [-0.15, -0.1) is 0 Å². The lowest BCUT2D eigenvalue weighted by Crippen LogP contribution is -2.14. The van der Waals surface area contributed by atoms with Crippen LogP contribution in [0, 0.1) is 0 Å². The van der Waals surface area contributed by atoms with Gasteiger partial charge in [-0.25, -0.2) is 0 Å². The maximum Gasteiger partial charge on any atom is 0.195 e. The molecule has 9 rings (SSSR count). The van der Waals surface area contributed by atoms with Crippen LogP contribution in [-0.4, -0.2) is 0 Å². The summed E-state index contributed by atoms with van der Waals surface area (Å²) in [6.07, 6.45) is 0. The topological polar surface area (TPSA) is 24.9 Å². The maximum atomic E-state index is 6.91. The van der Waals surface area contributed by atoms with Crippen molar-refractivity contribution in [1.82, 2.24) is 0 Å². The molecule has 0 N–H and O–H groups in total. The minimum Gasteiger partial charge on any atom is -0.449 e. The summed E-state index contributed by atoms with van der Waals surface area (Å²) in [7, 11) is 0. The summed E-state index contributed by atoms with van der Waals surface area (Å²) in [6.45, 7) is 0. The molecule has 0 atom stereocenters. The Balaban J connectivity index is 1.28. The molecule has 238 valence electrons. The first kappa shape index (κ1) is 29.4. The Bertz CT molecular complexity index is 2340. The number of nitrogens with zero attached hydrogens (tertiary/aromatic N) is 2. The second kappa shape index (κ2) is 12.7. The van der Waals surface area contributed by atoms with E-state index in [1.807, 2.05) is 48.5 Å². The largest absolute Gasteiger partial charge is 0.449 e. The molecule has 0 aromatic heterocycles. The fraction of sp³-hybridized carbons (Fsp3) is 0. The highest BCUT2D eigenvalue weighted by Crippen LogP contribution is 2.59. The quantitative estimate of drug-likeness (QED) is 0.172. The van der Waals surface area contributed by atoms with E-state index in [2.05, 4.69) is 155 Å². The van der Waals surface area contributed by atoms with Crippen molar-refractivity contribution in [2.24, 2.45) is 0 Å². The summed E-state index contributed by atoms with van der Waals surface area (Å²) in [5.41, 5.74) is 8.21. The van der Waals surface area contributed by atoms with Crippen LogP contribution in [0.2, 0.25) is 0 Å². The van der Waals surface area contributed by atoms with Crippen molar-refractivity contribution >= 4 is 44.9 Å². The van der Waals surface area contributed by atoms with Gasteiger partial charge in [0.1, 0.15) is 5.69 Å². The summed E-state index contributed by atoms with van der Waals surface area (Å²) >= 11 is 0. The van der Waals surface area contributed by atoms with Gasteiger partial charge in [0.2, 0.25) is 0 Å². The number of hydrogen-bond donors (Lipinski definition) is 0. The van der Waals surface area contributed by atoms with Crippen LogP contribution in [0.5, 0.6) is 23.0 Å². The van der Waals surface area contributed by atoms with E-state index < -0.39 is 0 Å². The van der Waals surface area contributed by atoms with Gasteiger partial charge >= 0.3 is 0 Å². The average molecular weight is 645 g/mol. The first-order valence-electron chi connectivity index (χ1n) is 16.8. The van der Waals surface area contributed by atoms with Crippen LogP contribution in [-0.2, 0) is 0 Å². The summed E-state index contributed by atoms with van der Waals surface area (Å²) < 4.78 is 13.8. The Kier molecular flexibility index (Phi) is 7.45. The first-order chi connectivity index (χ1) is 24.8. The SMILES string of the molecule is c1ccc(N(c2ccccc2)c2ccc(-c3c4c(c(N(c5ccccc5)c5ccccc5)c5ccccc35)Oc3ccccc3O4)cc2)cc1. The van der Waals surface area contributed by atoms with Crippen LogP contribution >= 0.6 is 0 Å². The molecule has 8 aromatic rings. The zero-order valence-corrected chi connectivity index (χ0v) is 27.2. The lowest BCUT2D eigenvalue weighted by molar-refractivity contribution is 0.362. The number of para-hydroxylation sites is 6. The molecule has 0 amide bonds. The molecule has 0 saturated heterocycles. The van der Waals surface area contributed by atoms with Gasteiger partial charge in [0, 0.05) is 39.4 Å². The van der Waals surface area contributed by atoms with Crippen LogP contribution in [0.3, 0.4) is 0 Å². The monoisotopic (exact) mass is 644 g/mol. The highest BCUT2D eigenvalue weighted by atomic mass is 16.6. The lowest BCUT2D eigenvalue weighted by atomic mass is 9.93. The second-order valence-electron chi connectivity index (χ2n) is 12.1. The molecular weight excluding hydrogens is 613 g/mol. The van der Waals surface area contributed by atoms with Crippen LogP contribution < -0.4 is 19.3 Å². The van der Waals surface area contributed by atoms with E-state index in [4.69, 9.17) is 9.47 Å². The molecule has 1 aliphatic rings. The lowest BCUT2D eigenvalue weighted by Gasteiger charge is -2.33. The van der Waals surface area contributed by atoms with Crippen molar-refractivity contribution in [2.75, 3.05) is 9.80 Å². The van der Waals surface area contributed by atoms with Crippen LogP contribution in [0.1, 0.15) is 0 Å². The molecule has 0 spiro atoms. The summed E-state index contributed by atoms with van der Waals surface area (Å²) in [4.78, 5) is 4.54. The molecule has 4 heteroatoms. The van der Waals surface area contributed by atoms with E-state index in [0.717, 1.165) is 56.0 Å². The van der Waals surface area contributed by atoms with E-state index in [0.29, 0.717) is 23.0 Å². The predicted octanol–water partition coefficient (Wildman–Crippen LogP) is 13.3. The molecule has 0 radical (unpaired) electrons. The number of anilines is 6. The van der Waals surface area contributed by atoms with Gasteiger partial charge < -0.3 is 19.3 Å². The fourth-order valence-electron chi connectivity index (χ4n) is 6.85. The molecule has 0 saturated carbocycles. The van der Waals surface area contributed by atoms with Crippen molar-refractivity contribution < 1.29 is 9.47 Å². The molecule has 0 fully saturated rings. The number of ether oxygens (including phenoxy) is 2. The highest BCUT2D eigenvalue weighted by Gasteiger charge is 2.32. The third-order valence-electron chi connectivity index (χ3n) is 9.07. The van der Waals surface area contributed by atoms with Crippen LogP contribution in [0.15, 0.2) is 194 Å². The predicted molar refractivity (Wildman–Crippen MR) is 205 cm³/mol. The average Bonchev–Trinajstić information content (AvgIpc) is 3.19. The Morgan fingerprint density at radius 3 is 1.18 bits per heavy atom. The Hall–Kier alpha value is -6.78. The van der Waals surface area contributed by atoms with E-state index >= 15 is 0 Å². The highest BCUT2D eigenvalue weighted by molar-refractivity contribution is 6.12. The Morgan fingerprint density at radius 2 is 0.680 bits per heavy atom. The first-order valence-corrected chi connectivity index (χ1v) is 16.8. The van der Waals surface area contributed by atoms with E-state index in [1.165, 1.54) is 0 Å². The molecular formula is C46H32N2O2. The van der Waals surface area contributed by atoms with Crippen LogP contribution in [0.4, 0.5) is 34.1 Å². The van der Waals surface area contributed by atoms with Gasteiger partial charge in [-0.1, -0.05) is 121 Å². The third-order valence-corrected chi connectivity index (χ3v) is 9.07. The van der Waals surface area contributed by atoms with Gasteiger partial charge in [-0.05, 0) is 83.7 Å². The smallest absolute Gasteiger partial charge is 0.195 e. The Morgan fingerprint density at radius 1 is 0.300 bits per heavy atom. The van der Waals surface area contributed by atoms with Gasteiger partial charge in [0.05, 0.1) is 0 Å². The van der Waals surface area contributed by atoms with Crippen molar-refractivity contribution in [2.45, 2.75) is 0 Å². The van der Waals surface area contributed by atoms with Gasteiger partial charge in [0.15, 0.2) is 23.0 Å². The van der Waals surface area contributed by atoms with Gasteiger partial charge in [-0.2, -0.15) is 0 Å². The van der Waals surface area contributed by atoms with E-state index in [-0.39, 0.29) is 0 Å². The van der Waals surface area contributed by atoms with Crippen LogP contribution in [0.25, 0.3) is 21.9 Å². The zero-order chi connectivity index (χ0) is 33.3. The van der Waals surface area contributed by atoms with Gasteiger partial charge in [0.25, 0.3) is 0 Å². The number of fused-ring (bicyclic) bond motifs is 3. The summed E-state index contributed by atoms with van der Waals surface area (Å²) in [5, 5.41) is 2.12. The molecule has 8 aromatic carbocycles. The molecule has 0 unspecified atom stereocenters. The van der Waals surface area contributed by atoms with Crippen molar-refractivity contribution in [1.29, 1.82) is 0 Å². The zero-order valence-electron chi connectivity index (χ0n) is 27.2. The molecule has 1 heterocycles. The summed E-state index contributed by atoms with van der Waals surface area (Å²) in [5.74, 6) is 2.72. The number of rotatable bonds is 7. The van der Waals surface area contributed by atoms with Gasteiger partial charge in [-0.3, -0.25) is 0 Å². The number of benzene rings is 8. The normalized spacial score (nSPS) is 11.5. The minimum absolute atomic E-state index is 0.671. The van der Waals surface area contributed by atoms with Crippen molar-refractivity contribution in [3.05, 3.63) is 194 Å². The molecule has 0 bridgehead atoms. The molecule has 4 nitrogen and oxygen atoms in total. The molecule has 1 aliphatic heterocycles. The number of hydrogen-bond acceptors (Lipinski definition) is 4. The minimum atomic E-state index is 0.671. The fourth-order valence-corrected chi connectivity index (χ4v) is 6.85. The molecule has 0 aliphatic carbocycles. The third kappa shape index (κ3) is 5.20. The Labute approximate surface area is 291 Å². The van der Waals surface area contributed by atoms with Crippen molar-refractivity contribution in [3.63, 3.8) is 0 Å².